The van der Waals surface area contributed by atoms with E-state index >= 15 is 0 Å². The maximum absolute atomic E-state index is 11.3. The highest BCUT2D eigenvalue weighted by molar-refractivity contribution is 5.77. The van der Waals surface area contributed by atoms with E-state index in [2.05, 4.69) is 10.1 Å². The minimum absolute atomic E-state index is 0.292. The Morgan fingerprint density at radius 2 is 1.00 bits per heavy atom. The summed E-state index contributed by atoms with van der Waals surface area (Å²) in [5.74, 6) is -1.51. The molecular weight excluding hydrogens is 404 g/mol. The van der Waals surface area contributed by atoms with E-state index in [1.54, 1.807) is 0 Å². The van der Waals surface area contributed by atoms with E-state index in [0.717, 1.165) is 0 Å². The maximum atomic E-state index is 11.3. The average Bonchev–Trinajstić information content (AvgIpc) is 2.72. The van der Waals surface area contributed by atoms with Gasteiger partial charge in [-0.05, 0) is 0 Å². The molecule has 0 aromatic carbocycles. The van der Waals surface area contributed by atoms with Crippen molar-refractivity contribution in [3.63, 3.8) is 0 Å². The molecule has 0 bridgehead atoms. The third-order valence-corrected chi connectivity index (χ3v) is 3.15. The third kappa shape index (κ3) is 24.7. The molecule has 0 heterocycles. The molecule has 12 nitrogen and oxygen atoms in total. The largest absolute Gasteiger partial charge is 0.480 e. The normalized spacial score (nSPS) is 11.0. The first-order valence-corrected chi connectivity index (χ1v) is 9.89. The first-order chi connectivity index (χ1) is 14.7. The molecule has 0 atom stereocenters. The van der Waals surface area contributed by atoms with E-state index in [-0.39, 0.29) is 6.61 Å². The van der Waals surface area contributed by atoms with Gasteiger partial charge in [0.1, 0.15) is 13.2 Å². The Morgan fingerprint density at radius 3 is 1.40 bits per heavy atom. The summed E-state index contributed by atoms with van der Waals surface area (Å²) in [6.07, 6.45) is 0. The predicted molar refractivity (Wildman–Crippen MR) is 105 cm³/mol. The highest BCUT2D eigenvalue weighted by Crippen LogP contribution is 1.84. The van der Waals surface area contributed by atoms with Crippen LogP contribution in [0.25, 0.3) is 0 Å². The number of hydrogen-bond donors (Lipinski definition) is 3. The van der Waals surface area contributed by atoms with Crippen molar-refractivity contribution in [2.45, 2.75) is 0 Å². The van der Waals surface area contributed by atoms with Crippen molar-refractivity contribution in [1.29, 1.82) is 0 Å². The molecule has 0 aromatic rings. The van der Waals surface area contributed by atoms with Gasteiger partial charge in [0.25, 0.3) is 0 Å². The molecule has 0 saturated heterocycles. The number of carbonyl (C=O) groups excluding carboxylic acids is 1. The number of hydrogen-bond acceptors (Lipinski definition) is 10. The molecule has 0 rings (SSSR count). The summed E-state index contributed by atoms with van der Waals surface area (Å²) in [5.41, 5.74) is 5.29. The van der Waals surface area contributed by atoms with Gasteiger partial charge in [-0.15, -0.1) is 0 Å². The number of carbonyl (C=O) groups is 2. The Labute approximate surface area is 177 Å². The summed E-state index contributed by atoms with van der Waals surface area (Å²) in [7, 11) is 0. The van der Waals surface area contributed by atoms with E-state index in [9.17, 15) is 9.59 Å². The van der Waals surface area contributed by atoms with Crippen LogP contribution in [0, 0.1) is 0 Å². The highest BCUT2D eigenvalue weighted by atomic mass is 16.6. The summed E-state index contributed by atoms with van der Waals surface area (Å²) >= 11 is 0. The summed E-state index contributed by atoms with van der Waals surface area (Å²) < 4.78 is 36.5. The first-order valence-electron chi connectivity index (χ1n) is 9.89. The fourth-order valence-corrected chi connectivity index (χ4v) is 1.83. The monoisotopic (exact) mass is 440 g/mol. The molecule has 0 radical (unpaired) electrons. The fraction of sp³-hybridized carbons (Fsp3) is 0.889. The third-order valence-electron chi connectivity index (χ3n) is 3.15. The van der Waals surface area contributed by atoms with Crippen LogP contribution in [0.1, 0.15) is 0 Å². The van der Waals surface area contributed by atoms with E-state index in [1.807, 2.05) is 0 Å². The van der Waals surface area contributed by atoms with Gasteiger partial charge in [-0.2, -0.15) is 0 Å². The molecule has 0 aliphatic rings. The van der Waals surface area contributed by atoms with Gasteiger partial charge < -0.3 is 49.3 Å². The predicted octanol–water partition coefficient (Wildman–Crippen LogP) is -1.74. The van der Waals surface area contributed by atoms with Gasteiger partial charge in [0.15, 0.2) is 0 Å². The van der Waals surface area contributed by atoms with Crippen molar-refractivity contribution in [1.82, 2.24) is 5.32 Å². The van der Waals surface area contributed by atoms with Gasteiger partial charge >= 0.3 is 5.97 Å². The zero-order valence-corrected chi connectivity index (χ0v) is 17.5. The molecule has 4 N–H and O–H groups in total. The number of nitrogens with two attached hydrogens (primary N) is 1. The quantitative estimate of drug-likeness (QED) is 0.146. The van der Waals surface area contributed by atoms with Crippen molar-refractivity contribution >= 4 is 11.9 Å². The number of carboxylic acid groups (broad SMARTS) is 1. The van der Waals surface area contributed by atoms with Crippen molar-refractivity contribution in [3.8, 4) is 0 Å². The van der Waals surface area contributed by atoms with Gasteiger partial charge in [-0.3, -0.25) is 4.79 Å². The molecular formula is C18H36N2O10. The molecule has 0 aliphatic heterocycles. The fourth-order valence-electron chi connectivity index (χ4n) is 1.83. The van der Waals surface area contributed by atoms with Crippen molar-refractivity contribution in [2.75, 3.05) is 106 Å². The van der Waals surface area contributed by atoms with Crippen LogP contribution in [0.15, 0.2) is 0 Å². The summed E-state index contributed by atoms with van der Waals surface area (Å²) in [4.78, 5) is 21.5. The number of carboxylic acids is 1. The number of amides is 1. The van der Waals surface area contributed by atoms with Crippen LogP contribution in [-0.4, -0.2) is 123 Å². The average molecular weight is 440 g/mol. The first kappa shape index (κ1) is 28.6. The zero-order chi connectivity index (χ0) is 22.1. The summed E-state index contributed by atoms with van der Waals surface area (Å²) in [6.45, 7) is 5.68. The molecule has 1 amide bonds. The minimum atomic E-state index is -1.12. The molecule has 0 spiro atoms. The second kappa shape index (κ2) is 23.9. The molecule has 30 heavy (non-hydrogen) atoms. The Kier molecular flexibility index (Phi) is 22.8. The molecule has 0 fully saturated rings. The number of ether oxygens (including phenoxy) is 7. The summed E-state index contributed by atoms with van der Waals surface area (Å²) in [6, 6.07) is 0. The standard InChI is InChI=1S/C18H36N2O10/c19-1-3-24-5-7-26-9-11-28-13-14-29-12-10-27-8-6-25-4-2-20-17(21)15-30-16-18(22)23/h1-16,19H2,(H,20,21)(H,22,23). The van der Waals surface area contributed by atoms with Gasteiger partial charge in [-0.25, -0.2) is 4.79 Å². The topological polar surface area (TPSA) is 157 Å². The number of nitrogens with one attached hydrogen (secondary N) is 1. The molecule has 0 unspecified atom stereocenters. The Morgan fingerprint density at radius 1 is 0.600 bits per heavy atom. The van der Waals surface area contributed by atoms with Crippen LogP contribution in [-0.2, 0) is 42.7 Å². The highest BCUT2D eigenvalue weighted by Gasteiger charge is 2.02. The van der Waals surface area contributed by atoms with Crippen LogP contribution in [0.3, 0.4) is 0 Å². The minimum Gasteiger partial charge on any atom is -0.480 e. The van der Waals surface area contributed by atoms with Gasteiger partial charge in [-0.1, -0.05) is 0 Å². The summed E-state index contributed by atoms with van der Waals surface area (Å²) in [5, 5.41) is 10.9. The molecule has 0 aliphatic carbocycles. The van der Waals surface area contributed by atoms with Crippen LogP contribution < -0.4 is 11.1 Å². The lowest BCUT2D eigenvalue weighted by atomic mass is 10.6. The second-order valence-corrected chi connectivity index (χ2v) is 5.70. The molecule has 0 saturated carbocycles. The van der Waals surface area contributed by atoms with Gasteiger partial charge in [0.05, 0.1) is 79.3 Å². The van der Waals surface area contributed by atoms with Crippen molar-refractivity contribution in [3.05, 3.63) is 0 Å². The lowest BCUT2D eigenvalue weighted by Gasteiger charge is -2.08. The van der Waals surface area contributed by atoms with E-state index in [4.69, 9.17) is 39.3 Å². The second-order valence-electron chi connectivity index (χ2n) is 5.70. The van der Waals surface area contributed by atoms with Gasteiger partial charge in [0.2, 0.25) is 5.91 Å². The number of rotatable bonds is 24. The lowest BCUT2D eigenvalue weighted by molar-refractivity contribution is -0.143. The van der Waals surface area contributed by atoms with Crippen molar-refractivity contribution in [2.24, 2.45) is 5.73 Å². The Bertz CT molecular complexity index is 401. The smallest absolute Gasteiger partial charge is 0.329 e. The number of aliphatic carboxylic acids is 1. The van der Waals surface area contributed by atoms with Crippen molar-refractivity contribution < 1.29 is 47.9 Å². The Balaban J connectivity index is 3.09. The zero-order valence-electron chi connectivity index (χ0n) is 17.5. The maximum Gasteiger partial charge on any atom is 0.329 e. The van der Waals surface area contributed by atoms with E-state index in [0.29, 0.717) is 92.4 Å². The van der Waals surface area contributed by atoms with Gasteiger partial charge in [0, 0.05) is 13.1 Å². The van der Waals surface area contributed by atoms with E-state index < -0.39 is 18.5 Å². The Hall–Kier alpha value is -1.38. The van der Waals surface area contributed by atoms with E-state index in [1.165, 1.54) is 0 Å². The molecule has 178 valence electrons. The molecule has 0 aromatic heterocycles. The van der Waals surface area contributed by atoms with Crippen LogP contribution in [0.2, 0.25) is 0 Å². The lowest BCUT2D eigenvalue weighted by Crippen LogP contribution is -2.31. The molecule has 12 heteroatoms. The van der Waals surface area contributed by atoms with Crippen LogP contribution in [0.4, 0.5) is 0 Å². The van der Waals surface area contributed by atoms with Crippen LogP contribution >= 0.6 is 0 Å². The van der Waals surface area contributed by atoms with Crippen LogP contribution in [0.5, 0.6) is 0 Å². The SMILES string of the molecule is NCCOCCOCCOCCOCCOCCOCCNC(=O)COCC(=O)O.